The van der Waals surface area contributed by atoms with Crippen LogP contribution < -0.4 is 0 Å². The highest BCUT2D eigenvalue weighted by Gasteiger charge is 2.26. The molecule has 21 heavy (non-hydrogen) atoms. The van der Waals surface area contributed by atoms with Gasteiger partial charge in [-0.25, -0.2) is 9.48 Å². The SMILES string of the molecule is CCOC(=O)c1nn(-c2ccc(Br)cc2)c2c1CCCC2. The molecule has 0 amide bonds. The van der Waals surface area contributed by atoms with Gasteiger partial charge in [0.05, 0.1) is 12.3 Å². The van der Waals surface area contributed by atoms with E-state index < -0.39 is 0 Å². The molecular weight excluding hydrogens is 332 g/mol. The van der Waals surface area contributed by atoms with Crippen molar-refractivity contribution in [2.45, 2.75) is 32.6 Å². The molecule has 0 bridgehead atoms. The van der Waals surface area contributed by atoms with E-state index in [0.717, 1.165) is 47.1 Å². The fourth-order valence-corrected chi connectivity index (χ4v) is 3.02. The number of fused-ring (bicyclic) bond motifs is 1. The van der Waals surface area contributed by atoms with Gasteiger partial charge in [0.25, 0.3) is 0 Å². The standard InChI is InChI=1S/C16H17BrN2O2/c1-2-21-16(20)15-13-5-3-4-6-14(13)19(18-15)12-9-7-11(17)8-10-12/h7-10H,2-6H2,1H3. The molecule has 0 spiro atoms. The summed E-state index contributed by atoms with van der Waals surface area (Å²) in [7, 11) is 0. The molecule has 1 aliphatic carbocycles. The third-order valence-electron chi connectivity index (χ3n) is 3.72. The van der Waals surface area contributed by atoms with E-state index in [9.17, 15) is 4.79 Å². The molecule has 3 rings (SSSR count). The topological polar surface area (TPSA) is 44.1 Å². The Morgan fingerprint density at radius 3 is 2.71 bits per heavy atom. The summed E-state index contributed by atoms with van der Waals surface area (Å²) >= 11 is 3.44. The maximum absolute atomic E-state index is 12.1. The number of ether oxygens (including phenoxy) is 1. The van der Waals surface area contributed by atoms with Gasteiger partial charge in [-0.15, -0.1) is 0 Å². The van der Waals surface area contributed by atoms with Crippen molar-refractivity contribution in [2.75, 3.05) is 6.61 Å². The first-order valence-corrected chi connectivity index (χ1v) is 8.04. The van der Waals surface area contributed by atoms with Gasteiger partial charge in [0.2, 0.25) is 0 Å². The van der Waals surface area contributed by atoms with Crippen molar-refractivity contribution in [3.8, 4) is 5.69 Å². The summed E-state index contributed by atoms with van der Waals surface area (Å²) in [5.41, 5.74) is 3.66. The number of hydrogen-bond donors (Lipinski definition) is 0. The fourth-order valence-electron chi connectivity index (χ4n) is 2.76. The van der Waals surface area contributed by atoms with Gasteiger partial charge < -0.3 is 4.74 Å². The van der Waals surface area contributed by atoms with E-state index >= 15 is 0 Å². The third kappa shape index (κ3) is 2.75. The Bertz CT molecular complexity index is 662. The second-order valence-electron chi connectivity index (χ2n) is 5.09. The van der Waals surface area contributed by atoms with Crippen LogP contribution in [0.4, 0.5) is 0 Å². The van der Waals surface area contributed by atoms with Gasteiger partial charge in [-0.3, -0.25) is 0 Å². The largest absolute Gasteiger partial charge is 0.461 e. The molecule has 1 aliphatic rings. The number of hydrogen-bond acceptors (Lipinski definition) is 3. The number of carbonyl (C=O) groups is 1. The normalized spacial score (nSPS) is 13.8. The Kier molecular flexibility index (Phi) is 4.10. The number of rotatable bonds is 3. The highest BCUT2D eigenvalue weighted by Crippen LogP contribution is 2.27. The lowest BCUT2D eigenvalue weighted by Crippen LogP contribution is -2.10. The van der Waals surface area contributed by atoms with Crippen molar-refractivity contribution in [3.63, 3.8) is 0 Å². The average molecular weight is 349 g/mol. The smallest absolute Gasteiger partial charge is 0.359 e. The third-order valence-corrected chi connectivity index (χ3v) is 4.25. The minimum atomic E-state index is -0.313. The summed E-state index contributed by atoms with van der Waals surface area (Å²) in [6.07, 6.45) is 4.10. The summed E-state index contributed by atoms with van der Waals surface area (Å²) in [4.78, 5) is 12.1. The van der Waals surface area contributed by atoms with Crippen LogP contribution in [0.5, 0.6) is 0 Å². The monoisotopic (exact) mass is 348 g/mol. The Morgan fingerprint density at radius 2 is 2.00 bits per heavy atom. The van der Waals surface area contributed by atoms with Gasteiger partial charge in [-0.1, -0.05) is 15.9 Å². The zero-order valence-electron chi connectivity index (χ0n) is 11.9. The predicted molar refractivity (Wildman–Crippen MR) is 83.9 cm³/mol. The molecular formula is C16H17BrN2O2. The van der Waals surface area contributed by atoms with E-state index in [0.29, 0.717) is 12.3 Å². The van der Waals surface area contributed by atoms with Crippen LogP contribution >= 0.6 is 15.9 Å². The van der Waals surface area contributed by atoms with Gasteiger partial charge in [0.1, 0.15) is 0 Å². The second kappa shape index (κ2) is 6.02. The van der Waals surface area contributed by atoms with Crippen LogP contribution in [0.15, 0.2) is 28.7 Å². The first-order valence-electron chi connectivity index (χ1n) is 7.24. The molecule has 1 aromatic carbocycles. The van der Waals surface area contributed by atoms with Gasteiger partial charge in [-0.05, 0) is 56.9 Å². The Labute approximate surface area is 132 Å². The molecule has 1 heterocycles. The van der Waals surface area contributed by atoms with Crippen molar-refractivity contribution in [1.82, 2.24) is 9.78 Å². The summed E-state index contributed by atoms with van der Waals surface area (Å²) < 4.78 is 8.06. The lowest BCUT2D eigenvalue weighted by Gasteiger charge is -2.14. The van der Waals surface area contributed by atoms with Crippen LogP contribution in [0.1, 0.15) is 41.5 Å². The van der Waals surface area contributed by atoms with Crippen molar-refractivity contribution in [1.29, 1.82) is 0 Å². The van der Waals surface area contributed by atoms with E-state index in [1.807, 2.05) is 35.9 Å². The zero-order valence-corrected chi connectivity index (χ0v) is 13.5. The van der Waals surface area contributed by atoms with Crippen LogP contribution in [0, 0.1) is 0 Å². The molecule has 2 aromatic rings. The average Bonchev–Trinajstić information content (AvgIpc) is 2.88. The summed E-state index contributed by atoms with van der Waals surface area (Å²) in [6, 6.07) is 7.97. The summed E-state index contributed by atoms with van der Waals surface area (Å²) in [6.45, 7) is 2.19. The van der Waals surface area contributed by atoms with Gasteiger partial charge in [-0.2, -0.15) is 5.10 Å². The molecule has 0 N–H and O–H groups in total. The maximum Gasteiger partial charge on any atom is 0.359 e. The Hall–Kier alpha value is -1.62. The maximum atomic E-state index is 12.1. The fraction of sp³-hybridized carbons (Fsp3) is 0.375. The molecule has 0 unspecified atom stereocenters. The number of aromatic nitrogens is 2. The first-order chi connectivity index (χ1) is 10.2. The van der Waals surface area contributed by atoms with Gasteiger partial charge in [0, 0.05) is 15.7 Å². The highest BCUT2D eigenvalue weighted by atomic mass is 79.9. The Balaban J connectivity index is 2.08. The molecule has 1 aromatic heterocycles. The molecule has 5 heteroatoms. The van der Waals surface area contributed by atoms with Gasteiger partial charge in [0.15, 0.2) is 5.69 Å². The molecule has 0 saturated heterocycles. The minimum absolute atomic E-state index is 0.313. The number of benzene rings is 1. The molecule has 0 radical (unpaired) electrons. The molecule has 4 nitrogen and oxygen atoms in total. The number of halogens is 1. The van der Waals surface area contributed by atoms with Crippen LogP contribution in [-0.2, 0) is 17.6 Å². The lowest BCUT2D eigenvalue weighted by molar-refractivity contribution is 0.0517. The van der Waals surface area contributed by atoms with Crippen molar-refractivity contribution < 1.29 is 9.53 Å². The van der Waals surface area contributed by atoms with Crippen LogP contribution in [0.3, 0.4) is 0 Å². The molecule has 0 saturated carbocycles. The van der Waals surface area contributed by atoms with E-state index in [2.05, 4.69) is 21.0 Å². The van der Waals surface area contributed by atoms with Crippen molar-refractivity contribution in [2.24, 2.45) is 0 Å². The van der Waals surface area contributed by atoms with E-state index in [-0.39, 0.29) is 5.97 Å². The molecule has 0 fully saturated rings. The number of esters is 1. The van der Waals surface area contributed by atoms with Crippen LogP contribution in [0.25, 0.3) is 5.69 Å². The van der Waals surface area contributed by atoms with Crippen LogP contribution in [-0.4, -0.2) is 22.4 Å². The summed E-state index contributed by atoms with van der Waals surface area (Å²) in [5, 5.41) is 4.54. The van der Waals surface area contributed by atoms with E-state index in [1.54, 1.807) is 0 Å². The second-order valence-corrected chi connectivity index (χ2v) is 6.01. The van der Waals surface area contributed by atoms with E-state index in [1.165, 1.54) is 0 Å². The molecule has 110 valence electrons. The zero-order chi connectivity index (χ0) is 14.8. The molecule has 0 aliphatic heterocycles. The van der Waals surface area contributed by atoms with Gasteiger partial charge >= 0.3 is 5.97 Å². The Morgan fingerprint density at radius 1 is 1.29 bits per heavy atom. The quantitative estimate of drug-likeness (QED) is 0.794. The minimum Gasteiger partial charge on any atom is -0.461 e. The predicted octanol–water partition coefficient (Wildman–Crippen LogP) is 3.69. The number of nitrogens with zero attached hydrogens (tertiary/aromatic N) is 2. The van der Waals surface area contributed by atoms with Crippen molar-refractivity contribution >= 4 is 21.9 Å². The summed E-state index contributed by atoms with van der Waals surface area (Å²) in [5.74, 6) is -0.313. The lowest BCUT2D eigenvalue weighted by atomic mass is 9.95. The number of carbonyl (C=O) groups excluding carboxylic acids is 1. The molecule has 0 atom stereocenters. The van der Waals surface area contributed by atoms with Crippen molar-refractivity contribution in [3.05, 3.63) is 45.7 Å². The highest BCUT2D eigenvalue weighted by molar-refractivity contribution is 9.10. The van der Waals surface area contributed by atoms with E-state index in [4.69, 9.17) is 4.74 Å². The first kappa shape index (κ1) is 14.3. The van der Waals surface area contributed by atoms with Crippen LogP contribution in [0.2, 0.25) is 0 Å².